The summed E-state index contributed by atoms with van der Waals surface area (Å²) < 4.78 is 0. The highest BCUT2D eigenvalue weighted by Crippen LogP contribution is 2.19. The van der Waals surface area contributed by atoms with Crippen molar-refractivity contribution in [3.8, 4) is 0 Å². The van der Waals surface area contributed by atoms with Crippen molar-refractivity contribution in [3.05, 3.63) is 0 Å². The van der Waals surface area contributed by atoms with Gasteiger partial charge in [0.1, 0.15) is 30.2 Å². The average Bonchev–Trinajstić information content (AvgIpc) is 3.37. The van der Waals surface area contributed by atoms with E-state index in [1.807, 2.05) is 0 Å². The number of aliphatic hydroxyl groups is 2. The minimum absolute atomic E-state index is 0.138. The van der Waals surface area contributed by atoms with E-state index in [4.69, 9.17) is 11.5 Å². The monoisotopic (exact) mass is 545 g/mol. The molecule has 1 fully saturated rings. The number of primary amides is 1. The van der Waals surface area contributed by atoms with Crippen LogP contribution in [0.5, 0.6) is 0 Å². The third kappa shape index (κ3) is 9.56. The quantitative estimate of drug-likeness (QED) is 0.0934. The van der Waals surface area contributed by atoms with E-state index < -0.39 is 91.4 Å². The highest BCUT2D eigenvalue weighted by molar-refractivity contribution is 5.96. The summed E-state index contributed by atoms with van der Waals surface area (Å²) in [5.74, 6) is -6.25. The Balaban J connectivity index is 2.78. The maximum Gasteiger partial charge on any atom is 0.326 e. The van der Waals surface area contributed by atoms with Crippen molar-refractivity contribution in [2.24, 2.45) is 11.5 Å². The van der Waals surface area contributed by atoms with E-state index in [1.165, 1.54) is 6.92 Å². The molecule has 0 aromatic heterocycles. The van der Waals surface area contributed by atoms with Crippen LogP contribution in [0.1, 0.15) is 32.6 Å². The summed E-state index contributed by atoms with van der Waals surface area (Å²) in [5, 5.41) is 37.2. The van der Waals surface area contributed by atoms with Crippen LogP contribution in [0.2, 0.25) is 0 Å². The fourth-order valence-electron chi connectivity index (χ4n) is 3.62. The molecule has 0 spiro atoms. The number of hydrogen-bond donors (Lipinski definition) is 9. The lowest BCUT2D eigenvalue weighted by molar-refractivity contribution is -0.143. The molecular weight excluding hydrogens is 510 g/mol. The standard InChI is InChI=1S/C21H35N7O10/c1-10(17(33)26-11(21(37)38)4-5-15(23)31)24-18(34)12(8-29)27-19(35)14-3-2-6-28(14)20(36)13(9-30)25-16(32)7-22/h10-14,29-30H,2-9,22H2,1H3,(H2,23,31)(H,24,34)(H,25,32)(H,26,33)(H,27,35)(H,37,38)/t10-,11-,12-,13-,14-/m0/s1. The zero-order valence-corrected chi connectivity index (χ0v) is 20.8. The van der Waals surface area contributed by atoms with E-state index in [1.54, 1.807) is 0 Å². The third-order valence-corrected chi connectivity index (χ3v) is 5.70. The molecule has 214 valence electrons. The van der Waals surface area contributed by atoms with Crippen LogP contribution >= 0.6 is 0 Å². The molecule has 0 bridgehead atoms. The van der Waals surface area contributed by atoms with Gasteiger partial charge in [-0.25, -0.2) is 4.79 Å². The predicted octanol–water partition coefficient (Wildman–Crippen LogP) is -5.77. The molecule has 17 nitrogen and oxygen atoms in total. The van der Waals surface area contributed by atoms with Crippen molar-refractivity contribution in [2.75, 3.05) is 26.3 Å². The lowest BCUT2D eigenvalue weighted by Gasteiger charge is -2.29. The van der Waals surface area contributed by atoms with Gasteiger partial charge >= 0.3 is 5.97 Å². The number of hydrogen-bond acceptors (Lipinski definition) is 10. The van der Waals surface area contributed by atoms with Gasteiger partial charge in [0, 0.05) is 13.0 Å². The molecule has 6 amide bonds. The average molecular weight is 546 g/mol. The molecule has 0 radical (unpaired) electrons. The van der Waals surface area contributed by atoms with Crippen molar-refractivity contribution in [2.45, 2.75) is 62.8 Å². The number of nitrogens with two attached hydrogens (primary N) is 2. The minimum atomic E-state index is -1.52. The van der Waals surface area contributed by atoms with Crippen LogP contribution in [0.25, 0.3) is 0 Å². The summed E-state index contributed by atoms with van der Waals surface area (Å²) in [7, 11) is 0. The molecule has 1 saturated heterocycles. The van der Waals surface area contributed by atoms with Gasteiger partial charge in [-0.2, -0.15) is 0 Å². The molecule has 11 N–H and O–H groups in total. The summed E-state index contributed by atoms with van der Waals surface area (Å²) in [6.45, 7) is -0.642. The Bertz CT molecular complexity index is 915. The maximum absolute atomic E-state index is 12.8. The number of amides is 6. The summed E-state index contributed by atoms with van der Waals surface area (Å²) in [6, 6.07) is -6.63. The Labute approximate surface area is 217 Å². The van der Waals surface area contributed by atoms with Crippen LogP contribution in [-0.4, -0.2) is 118 Å². The van der Waals surface area contributed by atoms with Crippen molar-refractivity contribution in [3.63, 3.8) is 0 Å². The summed E-state index contributed by atoms with van der Waals surface area (Å²) in [5.41, 5.74) is 10.2. The highest BCUT2D eigenvalue weighted by atomic mass is 16.4. The van der Waals surface area contributed by atoms with Crippen LogP contribution in [0, 0.1) is 0 Å². The van der Waals surface area contributed by atoms with Crippen molar-refractivity contribution in [1.29, 1.82) is 0 Å². The van der Waals surface area contributed by atoms with Crippen molar-refractivity contribution < 1.29 is 48.9 Å². The molecule has 17 heteroatoms. The van der Waals surface area contributed by atoms with E-state index in [-0.39, 0.29) is 25.8 Å². The van der Waals surface area contributed by atoms with E-state index >= 15 is 0 Å². The van der Waals surface area contributed by atoms with Gasteiger partial charge in [-0.3, -0.25) is 28.8 Å². The molecule has 38 heavy (non-hydrogen) atoms. The number of carbonyl (C=O) groups is 7. The Morgan fingerprint density at radius 2 is 1.55 bits per heavy atom. The second-order valence-electron chi connectivity index (χ2n) is 8.57. The SMILES string of the molecule is C[C@H](NC(=O)[C@H](CO)NC(=O)[C@@H]1CCCN1C(=O)[C@H](CO)NC(=O)CN)C(=O)N[C@@H](CCC(N)=O)C(=O)O. The molecule has 0 saturated carbocycles. The van der Waals surface area contributed by atoms with Gasteiger partial charge < -0.3 is 53.0 Å². The third-order valence-electron chi connectivity index (χ3n) is 5.70. The number of aliphatic carboxylic acids is 1. The molecule has 0 unspecified atom stereocenters. The van der Waals surface area contributed by atoms with Gasteiger partial charge in [0.15, 0.2) is 0 Å². The number of carboxylic acids is 1. The molecule has 1 rings (SSSR count). The van der Waals surface area contributed by atoms with Crippen molar-refractivity contribution in [1.82, 2.24) is 26.2 Å². The first-order valence-electron chi connectivity index (χ1n) is 11.8. The van der Waals surface area contributed by atoms with Crippen LogP contribution in [0.3, 0.4) is 0 Å². The maximum atomic E-state index is 12.8. The first kappa shape index (κ1) is 32.2. The number of carboxylic acid groups (broad SMARTS) is 1. The molecule has 0 aromatic rings. The van der Waals surface area contributed by atoms with Gasteiger partial charge in [0.25, 0.3) is 0 Å². The smallest absolute Gasteiger partial charge is 0.326 e. The fourth-order valence-corrected chi connectivity index (χ4v) is 3.62. The normalized spacial score (nSPS) is 17.9. The van der Waals surface area contributed by atoms with Gasteiger partial charge in [0.2, 0.25) is 35.4 Å². The molecule has 1 aliphatic rings. The predicted molar refractivity (Wildman–Crippen MR) is 127 cm³/mol. The Morgan fingerprint density at radius 3 is 2.08 bits per heavy atom. The number of likely N-dealkylation sites (tertiary alicyclic amines) is 1. The molecule has 0 aliphatic carbocycles. The number of nitrogens with one attached hydrogen (secondary N) is 4. The van der Waals surface area contributed by atoms with Gasteiger partial charge in [-0.05, 0) is 26.2 Å². The first-order valence-corrected chi connectivity index (χ1v) is 11.8. The van der Waals surface area contributed by atoms with Crippen LogP contribution in [-0.2, 0) is 33.6 Å². The van der Waals surface area contributed by atoms with Crippen LogP contribution in [0.15, 0.2) is 0 Å². The Hall–Kier alpha value is -3.83. The zero-order valence-electron chi connectivity index (χ0n) is 20.8. The number of nitrogens with zero attached hydrogens (tertiary/aromatic N) is 1. The Morgan fingerprint density at radius 1 is 0.921 bits per heavy atom. The minimum Gasteiger partial charge on any atom is -0.480 e. The second-order valence-corrected chi connectivity index (χ2v) is 8.57. The van der Waals surface area contributed by atoms with Crippen LogP contribution in [0.4, 0.5) is 0 Å². The topological polar surface area (TPSA) is 284 Å². The lowest BCUT2D eigenvalue weighted by Crippen LogP contribution is -2.59. The first-order chi connectivity index (χ1) is 17.9. The van der Waals surface area contributed by atoms with Gasteiger partial charge in [-0.1, -0.05) is 0 Å². The zero-order chi connectivity index (χ0) is 29.0. The summed E-state index contributed by atoms with van der Waals surface area (Å²) in [6.07, 6.45) is 0.0628. The highest BCUT2D eigenvalue weighted by Gasteiger charge is 2.38. The van der Waals surface area contributed by atoms with Gasteiger partial charge in [0.05, 0.1) is 19.8 Å². The fraction of sp³-hybridized carbons (Fsp3) is 0.667. The number of carbonyl (C=O) groups excluding carboxylic acids is 6. The lowest BCUT2D eigenvalue weighted by atomic mass is 10.1. The van der Waals surface area contributed by atoms with Crippen LogP contribution < -0.4 is 32.7 Å². The van der Waals surface area contributed by atoms with Gasteiger partial charge in [-0.15, -0.1) is 0 Å². The largest absolute Gasteiger partial charge is 0.480 e. The Kier molecular flexibility index (Phi) is 13.1. The molecule has 1 heterocycles. The molecule has 1 aliphatic heterocycles. The van der Waals surface area contributed by atoms with E-state index in [2.05, 4.69) is 21.3 Å². The number of rotatable bonds is 15. The molecule has 0 aromatic carbocycles. The summed E-state index contributed by atoms with van der Waals surface area (Å²) in [4.78, 5) is 85.4. The molecular formula is C21H35N7O10. The summed E-state index contributed by atoms with van der Waals surface area (Å²) >= 11 is 0. The van der Waals surface area contributed by atoms with E-state index in [0.29, 0.717) is 6.42 Å². The van der Waals surface area contributed by atoms with Crippen molar-refractivity contribution >= 4 is 41.4 Å². The van der Waals surface area contributed by atoms with E-state index in [0.717, 1.165) is 4.90 Å². The second kappa shape index (κ2) is 15.4. The van der Waals surface area contributed by atoms with E-state index in [9.17, 15) is 48.9 Å². The number of aliphatic hydroxyl groups excluding tert-OH is 2. The molecule has 5 atom stereocenters.